The number of ether oxygens (including phenoxy) is 1. The Kier molecular flexibility index (Phi) is 4.49. The summed E-state index contributed by atoms with van der Waals surface area (Å²) < 4.78 is 7.26. The van der Waals surface area contributed by atoms with Gasteiger partial charge in [0.2, 0.25) is 0 Å². The Hall–Kier alpha value is -3.55. The van der Waals surface area contributed by atoms with Gasteiger partial charge in [0.15, 0.2) is 0 Å². The predicted molar refractivity (Wildman–Crippen MR) is 99.0 cm³/mol. The number of aromatic carboxylic acids is 1. The summed E-state index contributed by atoms with van der Waals surface area (Å²) in [6.07, 6.45) is 0. The standard InChI is InChI=1S/C18H19N5O3/c1-23-14-6-4-11(18(24)25)7-13(14)22-16(23)9-21-12-5-3-10(17(19)20)8-15(12)26-2/h3-8,21H,9H2,1-2H3,(H3,19,20)(H,24,25). The number of nitrogens with one attached hydrogen (secondary N) is 2. The van der Waals surface area contributed by atoms with Crippen LogP contribution < -0.4 is 15.8 Å². The zero-order chi connectivity index (χ0) is 18.8. The maximum Gasteiger partial charge on any atom is 0.335 e. The molecule has 0 aliphatic carbocycles. The number of hydrogen-bond acceptors (Lipinski definition) is 5. The Morgan fingerprint density at radius 1 is 1.31 bits per heavy atom. The van der Waals surface area contributed by atoms with Crippen molar-refractivity contribution in [2.75, 3.05) is 12.4 Å². The second-order valence-electron chi connectivity index (χ2n) is 5.78. The number of fused-ring (bicyclic) bond motifs is 1. The van der Waals surface area contributed by atoms with Gasteiger partial charge in [0.25, 0.3) is 0 Å². The number of methoxy groups -OCH3 is 1. The van der Waals surface area contributed by atoms with Gasteiger partial charge in [-0.25, -0.2) is 9.78 Å². The van der Waals surface area contributed by atoms with Gasteiger partial charge in [0.1, 0.15) is 17.4 Å². The summed E-state index contributed by atoms with van der Waals surface area (Å²) in [6, 6.07) is 10.1. The average Bonchev–Trinajstić information content (AvgIpc) is 2.95. The van der Waals surface area contributed by atoms with Gasteiger partial charge in [-0.15, -0.1) is 0 Å². The Morgan fingerprint density at radius 2 is 2.04 bits per heavy atom. The third-order valence-electron chi connectivity index (χ3n) is 4.17. The van der Waals surface area contributed by atoms with E-state index in [0.717, 1.165) is 17.0 Å². The average molecular weight is 353 g/mol. The molecule has 0 atom stereocenters. The highest BCUT2D eigenvalue weighted by molar-refractivity contribution is 5.96. The number of nitrogens with two attached hydrogens (primary N) is 1. The molecule has 0 spiro atoms. The number of benzene rings is 2. The molecule has 0 amide bonds. The van der Waals surface area contributed by atoms with Crippen LogP contribution in [0.2, 0.25) is 0 Å². The molecular formula is C18H19N5O3. The number of amidine groups is 1. The van der Waals surface area contributed by atoms with Crippen molar-refractivity contribution in [3.05, 3.63) is 53.3 Å². The molecule has 3 rings (SSSR count). The molecule has 1 heterocycles. The number of nitrogen functional groups attached to an aromatic ring is 1. The number of rotatable bonds is 6. The normalized spacial score (nSPS) is 10.7. The maximum absolute atomic E-state index is 11.1. The lowest BCUT2D eigenvalue weighted by atomic mass is 10.1. The summed E-state index contributed by atoms with van der Waals surface area (Å²) in [6.45, 7) is 0.420. The topological polar surface area (TPSA) is 126 Å². The van der Waals surface area contributed by atoms with Crippen molar-refractivity contribution < 1.29 is 14.6 Å². The van der Waals surface area contributed by atoms with Crippen LogP contribution in [0.3, 0.4) is 0 Å². The number of hydrogen-bond donors (Lipinski definition) is 4. The molecule has 0 radical (unpaired) electrons. The lowest BCUT2D eigenvalue weighted by Gasteiger charge is -2.12. The highest BCUT2D eigenvalue weighted by atomic mass is 16.5. The molecule has 1 aromatic heterocycles. The minimum absolute atomic E-state index is 0.0283. The van der Waals surface area contributed by atoms with Crippen LogP contribution >= 0.6 is 0 Å². The Labute approximate surface area is 149 Å². The van der Waals surface area contributed by atoms with Crippen molar-refractivity contribution in [1.29, 1.82) is 5.41 Å². The summed E-state index contributed by atoms with van der Waals surface area (Å²) in [7, 11) is 3.43. The van der Waals surface area contributed by atoms with Gasteiger partial charge in [0, 0.05) is 12.6 Å². The van der Waals surface area contributed by atoms with Crippen molar-refractivity contribution in [1.82, 2.24) is 9.55 Å². The third kappa shape index (κ3) is 3.16. The van der Waals surface area contributed by atoms with E-state index in [1.54, 1.807) is 43.5 Å². The van der Waals surface area contributed by atoms with Crippen LogP contribution in [0.4, 0.5) is 5.69 Å². The number of imidazole rings is 1. The van der Waals surface area contributed by atoms with E-state index in [4.69, 9.17) is 21.0 Å². The number of carbonyl (C=O) groups is 1. The lowest BCUT2D eigenvalue weighted by Crippen LogP contribution is -2.12. The predicted octanol–water partition coefficient (Wildman–Crippen LogP) is 2.18. The summed E-state index contributed by atoms with van der Waals surface area (Å²) in [5.41, 5.74) is 8.51. The van der Waals surface area contributed by atoms with Gasteiger partial charge in [-0.3, -0.25) is 5.41 Å². The van der Waals surface area contributed by atoms with Crippen molar-refractivity contribution in [3.8, 4) is 5.75 Å². The number of aryl methyl sites for hydroxylation is 1. The molecule has 0 bridgehead atoms. The van der Waals surface area contributed by atoms with Crippen molar-refractivity contribution in [3.63, 3.8) is 0 Å². The molecule has 5 N–H and O–H groups in total. The van der Waals surface area contributed by atoms with E-state index in [1.165, 1.54) is 0 Å². The minimum atomic E-state index is -0.979. The molecule has 0 aliphatic heterocycles. The van der Waals surface area contributed by atoms with E-state index >= 15 is 0 Å². The number of carboxylic acid groups (broad SMARTS) is 1. The van der Waals surface area contributed by atoms with Crippen molar-refractivity contribution in [2.24, 2.45) is 12.8 Å². The fourth-order valence-corrected chi connectivity index (χ4v) is 2.72. The van der Waals surface area contributed by atoms with Gasteiger partial charge in [-0.05, 0) is 36.4 Å². The molecule has 8 nitrogen and oxygen atoms in total. The van der Waals surface area contributed by atoms with E-state index in [2.05, 4.69) is 10.3 Å². The molecule has 2 aromatic carbocycles. The Balaban J connectivity index is 1.87. The number of carboxylic acids is 1. The number of anilines is 1. The Morgan fingerprint density at radius 3 is 2.69 bits per heavy atom. The third-order valence-corrected chi connectivity index (χ3v) is 4.17. The van der Waals surface area contributed by atoms with Crippen LogP contribution in [0.5, 0.6) is 5.75 Å². The fraction of sp³-hybridized carbons (Fsp3) is 0.167. The number of aromatic nitrogens is 2. The zero-order valence-electron chi connectivity index (χ0n) is 14.4. The Bertz CT molecular complexity index is 1010. The molecule has 0 saturated carbocycles. The van der Waals surface area contributed by atoms with E-state index in [0.29, 0.717) is 23.4 Å². The van der Waals surface area contributed by atoms with Crippen LogP contribution in [-0.2, 0) is 13.6 Å². The second kappa shape index (κ2) is 6.75. The second-order valence-corrected chi connectivity index (χ2v) is 5.78. The highest BCUT2D eigenvalue weighted by Gasteiger charge is 2.12. The largest absolute Gasteiger partial charge is 0.495 e. The van der Waals surface area contributed by atoms with E-state index in [9.17, 15) is 4.79 Å². The molecule has 134 valence electrons. The minimum Gasteiger partial charge on any atom is -0.495 e. The summed E-state index contributed by atoms with van der Waals surface area (Å²) in [5.74, 6) is 0.317. The molecule has 0 unspecified atom stereocenters. The van der Waals surface area contributed by atoms with Gasteiger partial charge in [-0.2, -0.15) is 0 Å². The van der Waals surface area contributed by atoms with Crippen LogP contribution in [0.25, 0.3) is 11.0 Å². The molecule has 0 aliphatic rings. The first-order chi connectivity index (χ1) is 12.4. The van der Waals surface area contributed by atoms with E-state index < -0.39 is 5.97 Å². The molecule has 0 saturated heterocycles. The van der Waals surface area contributed by atoms with Gasteiger partial charge in [-0.1, -0.05) is 0 Å². The molecular weight excluding hydrogens is 334 g/mol. The van der Waals surface area contributed by atoms with Crippen molar-refractivity contribution in [2.45, 2.75) is 6.54 Å². The lowest BCUT2D eigenvalue weighted by molar-refractivity contribution is 0.0697. The van der Waals surface area contributed by atoms with E-state index in [-0.39, 0.29) is 11.4 Å². The molecule has 0 fully saturated rings. The molecule has 26 heavy (non-hydrogen) atoms. The summed E-state index contributed by atoms with van der Waals surface area (Å²) in [5, 5.41) is 19.9. The summed E-state index contributed by atoms with van der Waals surface area (Å²) >= 11 is 0. The smallest absolute Gasteiger partial charge is 0.335 e. The molecule has 3 aromatic rings. The van der Waals surface area contributed by atoms with Crippen LogP contribution in [-0.4, -0.2) is 33.6 Å². The van der Waals surface area contributed by atoms with E-state index in [1.807, 2.05) is 11.6 Å². The number of nitrogens with zero attached hydrogens (tertiary/aromatic N) is 2. The SMILES string of the molecule is COc1cc(C(=N)N)ccc1NCc1nc2cc(C(=O)O)ccc2n1C. The molecule has 8 heteroatoms. The fourth-order valence-electron chi connectivity index (χ4n) is 2.72. The van der Waals surface area contributed by atoms with Crippen LogP contribution in [0, 0.1) is 5.41 Å². The van der Waals surface area contributed by atoms with Crippen LogP contribution in [0.1, 0.15) is 21.7 Å². The van der Waals surface area contributed by atoms with Gasteiger partial charge >= 0.3 is 5.97 Å². The highest BCUT2D eigenvalue weighted by Crippen LogP contribution is 2.26. The zero-order valence-corrected chi connectivity index (χ0v) is 14.4. The quantitative estimate of drug-likeness (QED) is 0.397. The summed E-state index contributed by atoms with van der Waals surface area (Å²) in [4.78, 5) is 15.6. The monoisotopic (exact) mass is 353 g/mol. The van der Waals surface area contributed by atoms with Crippen LogP contribution in [0.15, 0.2) is 36.4 Å². The van der Waals surface area contributed by atoms with Gasteiger partial charge in [0.05, 0.1) is 35.9 Å². The first-order valence-electron chi connectivity index (χ1n) is 7.85. The maximum atomic E-state index is 11.1. The van der Waals surface area contributed by atoms with Crippen molar-refractivity contribution >= 4 is 28.5 Å². The first-order valence-corrected chi connectivity index (χ1v) is 7.85. The van der Waals surface area contributed by atoms with Gasteiger partial charge < -0.3 is 25.5 Å². The first kappa shape index (κ1) is 17.3.